The highest BCUT2D eigenvalue weighted by Gasteiger charge is 2.37. The average molecular weight is 378 g/mol. The summed E-state index contributed by atoms with van der Waals surface area (Å²) in [7, 11) is 0. The van der Waals surface area contributed by atoms with Gasteiger partial charge in [0.2, 0.25) is 0 Å². The molecule has 28 heavy (non-hydrogen) atoms. The van der Waals surface area contributed by atoms with Crippen molar-refractivity contribution in [2.45, 2.75) is 45.3 Å². The van der Waals surface area contributed by atoms with Gasteiger partial charge in [0.25, 0.3) is 11.8 Å². The Labute approximate surface area is 165 Å². The van der Waals surface area contributed by atoms with Crippen LogP contribution in [-0.4, -0.2) is 41.0 Å². The minimum Gasteiger partial charge on any atom is -0.351 e. The molecule has 1 N–H and O–H groups in total. The monoisotopic (exact) mass is 378 g/mol. The van der Waals surface area contributed by atoms with Crippen molar-refractivity contribution in [1.29, 1.82) is 0 Å². The van der Waals surface area contributed by atoms with Crippen molar-refractivity contribution in [3.63, 3.8) is 0 Å². The predicted octanol–water partition coefficient (Wildman–Crippen LogP) is 3.19. The molecular weight excluding hydrogens is 352 g/mol. The summed E-state index contributed by atoms with van der Waals surface area (Å²) in [5.41, 5.74) is 3.17. The van der Waals surface area contributed by atoms with Crippen molar-refractivity contribution in [3.8, 4) is 0 Å². The van der Waals surface area contributed by atoms with E-state index in [1.54, 1.807) is 18.5 Å². The number of hydrogen-bond acceptors (Lipinski definition) is 4. The molecule has 2 amide bonds. The molecule has 0 bridgehead atoms. The van der Waals surface area contributed by atoms with Crippen LogP contribution in [0, 0.1) is 0 Å². The molecule has 6 nitrogen and oxygen atoms in total. The van der Waals surface area contributed by atoms with Gasteiger partial charge in [0.05, 0.1) is 11.3 Å². The fourth-order valence-electron chi connectivity index (χ4n) is 4.22. The number of rotatable bonds is 4. The molecule has 3 heterocycles. The van der Waals surface area contributed by atoms with E-state index >= 15 is 0 Å². The molecule has 2 aliphatic heterocycles. The number of carbonyl (C=O) groups excluding carboxylic acids is 2. The minimum absolute atomic E-state index is 0.0929. The molecule has 1 fully saturated rings. The molecule has 2 aliphatic rings. The largest absolute Gasteiger partial charge is 0.351 e. The lowest BCUT2D eigenvalue weighted by Crippen LogP contribution is -2.55. The Hall–Kier alpha value is -2.89. The average Bonchev–Trinajstić information content (AvgIpc) is 2.99. The second kappa shape index (κ2) is 8.00. The van der Waals surface area contributed by atoms with Gasteiger partial charge in [-0.2, -0.15) is 0 Å². The minimum atomic E-state index is -0.133. The number of anilines is 1. The van der Waals surface area contributed by atoms with Crippen LogP contribution in [0.15, 0.2) is 42.7 Å². The molecule has 4 rings (SSSR count). The molecule has 1 atom stereocenters. The third-order valence-electron chi connectivity index (χ3n) is 5.68. The van der Waals surface area contributed by atoms with Crippen molar-refractivity contribution >= 4 is 17.5 Å². The molecule has 0 unspecified atom stereocenters. The lowest BCUT2D eigenvalue weighted by atomic mass is 10.0. The Morgan fingerprint density at radius 1 is 1.18 bits per heavy atom. The number of fused-ring (bicyclic) bond motifs is 2. The first-order chi connectivity index (χ1) is 13.7. The Morgan fingerprint density at radius 3 is 2.79 bits per heavy atom. The Balaban J connectivity index is 1.59. The molecule has 2 aromatic rings. The summed E-state index contributed by atoms with van der Waals surface area (Å²) in [6, 6.07) is 9.20. The van der Waals surface area contributed by atoms with Crippen LogP contribution < -0.4 is 10.2 Å². The number of carbonyl (C=O) groups is 2. The molecule has 146 valence electrons. The fourth-order valence-corrected chi connectivity index (χ4v) is 4.22. The van der Waals surface area contributed by atoms with Crippen LogP contribution in [0.4, 0.5) is 5.69 Å². The van der Waals surface area contributed by atoms with Gasteiger partial charge in [0, 0.05) is 37.6 Å². The predicted molar refractivity (Wildman–Crippen MR) is 108 cm³/mol. The van der Waals surface area contributed by atoms with Crippen LogP contribution in [0.1, 0.15) is 58.9 Å². The van der Waals surface area contributed by atoms with Crippen LogP contribution >= 0.6 is 0 Å². The SMILES string of the molecule is CCN1c2cc(C(=O)NCc3ccncc3)ccc2C(=O)N2CCCCC[C@@H]21. The lowest BCUT2D eigenvalue weighted by Gasteiger charge is -2.44. The summed E-state index contributed by atoms with van der Waals surface area (Å²) in [6.07, 6.45) is 7.86. The van der Waals surface area contributed by atoms with E-state index in [0.29, 0.717) is 17.7 Å². The number of hydrogen-bond donors (Lipinski definition) is 1. The fraction of sp³-hybridized carbons (Fsp3) is 0.409. The van der Waals surface area contributed by atoms with Crippen molar-refractivity contribution < 1.29 is 9.59 Å². The zero-order valence-electron chi connectivity index (χ0n) is 16.2. The van der Waals surface area contributed by atoms with Crippen LogP contribution in [0.2, 0.25) is 0 Å². The summed E-state index contributed by atoms with van der Waals surface area (Å²) in [5, 5.41) is 2.95. The number of nitrogens with zero attached hydrogens (tertiary/aromatic N) is 3. The van der Waals surface area contributed by atoms with Crippen LogP contribution in [0.3, 0.4) is 0 Å². The Kier molecular flexibility index (Phi) is 5.28. The normalized spacial score (nSPS) is 18.9. The molecule has 1 aromatic heterocycles. The second-order valence-electron chi connectivity index (χ2n) is 7.38. The van der Waals surface area contributed by atoms with Crippen molar-refractivity contribution in [2.24, 2.45) is 0 Å². The number of amides is 2. The first-order valence-corrected chi connectivity index (χ1v) is 10.1. The quantitative estimate of drug-likeness (QED) is 0.887. The zero-order valence-corrected chi connectivity index (χ0v) is 16.2. The number of pyridine rings is 1. The van der Waals surface area contributed by atoms with Gasteiger partial charge in [-0.1, -0.05) is 6.42 Å². The van der Waals surface area contributed by atoms with E-state index in [1.807, 2.05) is 29.2 Å². The first kappa shape index (κ1) is 18.5. The van der Waals surface area contributed by atoms with Gasteiger partial charge in [-0.3, -0.25) is 14.6 Å². The highest BCUT2D eigenvalue weighted by atomic mass is 16.2. The van der Waals surface area contributed by atoms with Gasteiger partial charge in [0.15, 0.2) is 0 Å². The third-order valence-corrected chi connectivity index (χ3v) is 5.68. The summed E-state index contributed by atoms with van der Waals surface area (Å²) in [6.45, 7) is 4.18. The molecule has 1 aromatic carbocycles. The van der Waals surface area contributed by atoms with Gasteiger partial charge >= 0.3 is 0 Å². The molecular formula is C22H26N4O2. The van der Waals surface area contributed by atoms with E-state index in [0.717, 1.165) is 50.0 Å². The van der Waals surface area contributed by atoms with Crippen LogP contribution in [0.5, 0.6) is 0 Å². The number of aromatic nitrogens is 1. The summed E-state index contributed by atoms with van der Waals surface area (Å²) in [5.74, 6) is -0.0400. The third kappa shape index (κ3) is 3.46. The lowest BCUT2D eigenvalue weighted by molar-refractivity contribution is 0.0656. The molecule has 6 heteroatoms. The Morgan fingerprint density at radius 2 is 2.00 bits per heavy atom. The highest BCUT2D eigenvalue weighted by Crippen LogP contribution is 2.35. The zero-order chi connectivity index (χ0) is 19.5. The smallest absolute Gasteiger partial charge is 0.257 e. The number of nitrogens with one attached hydrogen (secondary N) is 1. The van der Waals surface area contributed by atoms with Gasteiger partial charge in [-0.15, -0.1) is 0 Å². The maximum atomic E-state index is 13.0. The van der Waals surface area contributed by atoms with Gasteiger partial charge in [-0.25, -0.2) is 0 Å². The van der Waals surface area contributed by atoms with Crippen molar-refractivity contribution in [3.05, 3.63) is 59.4 Å². The molecule has 0 spiro atoms. The van der Waals surface area contributed by atoms with E-state index in [2.05, 4.69) is 22.1 Å². The first-order valence-electron chi connectivity index (χ1n) is 10.1. The van der Waals surface area contributed by atoms with Crippen LogP contribution in [0.25, 0.3) is 0 Å². The van der Waals surface area contributed by atoms with E-state index in [1.165, 1.54) is 0 Å². The van der Waals surface area contributed by atoms with Crippen molar-refractivity contribution in [1.82, 2.24) is 15.2 Å². The molecule has 0 saturated carbocycles. The van der Waals surface area contributed by atoms with Crippen molar-refractivity contribution in [2.75, 3.05) is 18.0 Å². The molecule has 1 saturated heterocycles. The van der Waals surface area contributed by atoms with E-state index in [4.69, 9.17) is 0 Å². The summed E-state index contributed by atoms with van der Waals surface area (Å²) >= 11 is 0. The maximum absolute atomic E-state index is 13.0. The topological polar surface area (TPSA) is 65.5 Å². The molecule has 0 radical (unpaired) electrons. The number of benzene rings is 1. The second-order valence-corrected chi connectivity index (χ2v) is 7.38. The van der Waals surface area contributed by atoms with E-state index in [9.17, 15) is 9.59 Å². The highest BCUT2D eigenvalue weighted by molar-refractivity contribution is 6.04. The van der Waals surface area contributed by atoms with Gasteiger partial charge in [-0.05, 0) is 62.1 Å². The van der Waals surface area contributed by atoms with Gasteiger partial charge < -0.3 is 15.1 Å². The van der Waals surface area contributed by atoms with Gasteiger partial charge in [0.1, 0.15) is 6.17 Å². The Bertz CT molecular complexity index is 868. The van der Waals surface area contributed by atoms with Crippen LogP contribution in [-0.2, 0) is 6.54 Å². The van der Waals surface area contributed by atoms with E-state index in [-0.39, 0.29) is 18.0 Å². The maximum Gasteiger partial charge on any atom is 0.257 e. The summed E-state index contributed by atoms with van der Waals surface area (Å²) < 4.78 is 0. The molecule has 0 aliphatic carbocycles. The van der Waals surface area contributed by atoms with E-state index < -0.39 is 0 Å². The standard InChI is InChI=1S/C22H26N4O2/c1-2-25-19-14-17(21(27)24-15-16-9-11-23-12-10-16)7-8-18(19)22(28)26-13-5-3-4-6-20(25)26/h7-12,14,20H,2-6,13,15H2,1H3,(H,24,27)/t20-/m1/s1. The summed E-state index contributed by atoms with van der Waals surface area (Å²) in [4.78, 5) is 34.0.